The highest BCUT2D eigenvalue weighted by atomic mass is 16.2. The molecule has 16 heavy (non-hydrogen) atoms. The van der Waals surface area contributed by atoms with Crippen LogP contribution in [0.15, 0.2) is 35.9 Å². The van der Waals surface area contributed by atoms with Crippen LogP contribution in [0.2, 0.25) is 0 Å². The van der Waals surface area contributed by atoms with Crippen molar-refractivity contribution in [3.8, 4) is 0 Å². The zero-order chi connectivity index (χ0) is 11.0. The summed E-state index contributed by atoms with van der Waals surface area (Å²) in [6.07, 6.45) is 5.11. The second-order valence-electron chi connectivity index (χ2n) is 4.55. The SMILES string of the molecule is O=C1C/C(=C\c2ccccc2)C2CCCN12. The zero-order valence-electron chi connectivity index (χ0n) is 9.23. The van der Waals surface area contributed by atoms with E-state index in [0.29, 0.717) is 18.4 Å². The number of fused-ring (bicyclic) bond motifs is 1. The molecule has 2 heterocycles. The summed E-state index contributed by atoms with van der Waals surface area (Å²) in [6.45, 7) is 0.954. The Kier molecular flexibility index (Phi) is 2.28. The third-order valence-corrected chi connectivity index (χ3v) is 3.51. The molecule has 82 valence electrons. The maximum Gasteiger partial charge on any atom is 0.227 e. The predicted molar refractivity (Wildman–Crippen MR) is 63.8 cm³/mol. The van der Waals surface area contributed by atoms with E-state index in [1.165, 1.54) is 11.1 Å². The molecule has 2 nitrogen and oxygen atoms in total. The minimum atomic E-state index is 0.310. The van der Waals surface area contributed by atoms with Crippen LogP contribution in [0.5, 0.6) is 0 Å². The first kappa shape index (κ1) is 9.64. The van der Waals surface area contributed by atoms with Gasteiger partial charge in [-0.1, -0.05) is 36.4 Å². The lowest BCUT2D eigenvalue weighted by Crippen LogP contribution is -2.26. The normalized spacial score (nSPS) is 26.5. The van der Waals surface area contributed by atoms with Gasteiger partial charge < -0.3 is 4.90 Å². The summed E-state index contributed by atoms with van der Waals surface area (Å²) >= 11 is 0. The van der Waals surface area contributed by atoms with E-state index in [4.69, 9.17) is 0 Å². The standard InChI is InChI=1S/C14H15NO/c16-14-10-12(13-7-4-8-15(13)14)9-11-5-2-1-3-6-11/h1-3,5-6,9,13H,4,7-8,10H2/b12-9+. The maximum absolute atomic E-state index is 11.7. The number of carbonyl (C=O) groups excluding carboxylic acids is 1. The van der Waals surface area contributed by atoms with Crippen molar-refractivity contribution in [3.63, 3.8) is 0 Å². The van der Waals surface area contributed by atoms with E-state index in [1.54, 1.807) is 0 Å². The van der Waals surface area contributed by atoms with Crippen LogP contribution in [-0.4, -0.2) is 23.4 Å². The molecule has 0 bridgehead atoms. The molecule has 2 fully saturated rings. The van der Waals surface area contributed by atoms with Gasteiger partial charge in [-0.15, -0.1) is 0 Å². The van der Waals surface area contributed by atoms with Gasteiger partial charge in [0.15, 0.2) is 0 Å². The van der Waals surface area contributed by atoms with Crippen molar-refractivity contribution in [1.82, 2.24) is 4.90 Å². The van der Waals surface area contributed by atoms with Crippen LogP contribution in [0.3, 0.4) is 0 Å². The van der Waals surface area contributed by atoms with Crippen LogP contribution in [0, 0.1) is 0 Å². The monoisotopic (exact) mass is 213 g/mol. The van der Waals surface area contributed by atoms with Gasteiger partial charge in [-0.05, 0) is 24.0 Å². The van der Waals surface area contributed by atoms with Crippen LogP contribution in [0.1, 0.15) is 24.8 Å². The molecule has 1 aromatic rings. The van der Waals surface area contributed by atoms with Gasteiger partial charge in [-0.2, -0.15) is 0 Å². The number of rotatable bonds is 1. The van der Waals surface area contributed by atoms with Gasteiger partial charge in [0, 0.05) is 6.54 Å². The fraction of sp³-hybridized carbons (Fsp3) is 0.357. The maximum atomic E-state index is 11.7. The average molecular weight is 213 g/mol. The van der Waals surface area contributed by atoms with Crippen molar-refractivity contribution in [2.45, 2.75) is 25.3 Å². The molecule has 2 aliphatic rings. The molecule has 0 aromatic heterocycles. The van der Waals surface area contributed by atoms with Gasteiger partial charge in [-0.3, -0.25) is 4.79 Å². The smallest absolute Gasteiger partial charge is 0.227 e. The largest absolute Gasteiger partial charge is 0.336 e. The molecule has 2 aliphatic heterocycles. The Morgan fingerprint density at radius 1 is 1.25 bits per heavy atom. The molecule has 1 unspecified atom stereocenters. The van der Waals surface area contributed by atoms with Gasteiger partial charge in [0.2, 0.25) is 5.91 Å². The van der Waals surface area contributed by atoms with E-state index in [2.05, 4.69) is 18.2 Å². The fourth-order valence-corrected chi connectivity index (χ4v) is 2.76. The highest BCUT2D eigenvalue weighted by Gasteiger charge is 2.37. The van der Waals surface area contributed by atoms with Crippen LogP contribution < -0.4 is 0 Å². The highest BCUT2D eigenvalue weighted by molar-refractivity contribution is 5.85. The Balaban J connectivity index is 1.91. The fourth-order valence-electron chi connectivity index (χ4n) is 2.76. The lowest BCUT2D eigenvalue weighted by atomic mass is 10.0. The molecule has 0 radical (unpaired) electrons. The van der Waals surface area contributed by atoms with Gasteiger partial charge in [-0.25, -0.2) is 0 Å². The molecular formula is C14H15NO. The van der Waals surface area contributed by atoms with Gasteiger partial charge in [0.05, 0.1) is 12.5 Å². The Morgan fingerprint density at radius 3 is 2.88 bits per heavy atom. The number of nitrogens with zero attached hydrogens (tertiary/aromatic N) is 1. The predicted octanol–water partition coefficient (Wildman–Crippen LogP) is 2.46. The highest BCUT2D eigenvalue weighted by Crippen LogP contribution is 2.34. The molecule has 2 saturated heterocycles. The molecule has 1 aromatic carbocycles. The zero-order valence-corrected chi connectivity index (χ0v) is 9.23. The first-order valence-electron chi connectivity index (χ1n) is 5.89. The minimum absolute atomic E-state index is 0.310. The van der Waals surface area contributed by atoms with Crippen molar-refractivity contribution in [2.24, 2.45) is 0 Å². The summed E-state index contributed by atoms with van der Waals surface area (Å²) < 4.78 is 0. The van der Waals surface area contributed by atoms with Crippen molar-refractivity contribution in [3.05, 3.63) is 41.5 Å². The van der Waals surface area contributed by atoms with E-state index >= 15 is 0 Å². The van der Waals surface area contributed by atoms with Crippen molar-refractivity contribution < 1.29 is 4.79 Å². The molecule has 0 aliphatic carbocycles. The summed E-state index contributed by atoms with van der Waals surface area (Å²) in [6, 6.07) is 10.7. The van der Waals surface area contributed by atoms with Gasteiger partial charge in [0.1, 0.15) is 0 Å². The number of hydrogen-bond acceptors (Lipinski definition) is 1. The topological polar surface area (TPSA) is 20.3 Å². The Bertz CT molecular complexity index is 435. The summed E-state index contributed by atoms with van der Waals surface area (Å²) in [5.74, 6) is 0.310. The third-order valence-electron chi connectivity index (χ3n) is 3.51. The Labute approximate surface area is 95.6 Å². The molecule has 1 amide bonds. The first-order valence-corrected chi connectivity index (χ1v) is 5.89. The lowest BCUT2D eigenvalue weighted by molar-refractivity contribution is -0.127. The molecular weight excluding hydrogens is 198 g/mol. The second-order valence-corrected chi connectivity index (χ2v) is 4.55. The third kappa shape index (κ3) is 1.54. The molecule has 0 N–H and O–H groups in total. The lowest BCUT2D eigenvalue weighted by Gasteiger charge is -2.14. The van der Waals surface area contributed by atoms with Gasteiger partial charge >= 0.3 is 0 Å². The number of benzene rings is 1. The van der Waals surface area contributed by atoms with E-state index < -0.39 is 0 Å². The van der Waals surface area contributed by atoms with Crippen molar-refractivity contribution >= 4 is 12.0 Å². The quantitative estimate of drug-likeness (QED) is 0.701. The molecule has 2 heteroatoms. The summed E-state index contributed by atoms with van der Waals surface area (Å²) in [7, 11) is 0. The van der Waals surface area contributed by atoms with Crippen molar-refractivity contribution in [1.29, 1.82) is 0 Å². The molecule has 0 saturated carbocycles. The van der Waals surface area contributed by atoms with Crippen LogP contribution >= 0.6 is 0 Å². The summed E-state index contributed by atoms with van der Waals surface area (Å²) in [5.41, 5.74) is 2.51. The molecule has 3 rings (SSSR count). The van der Waals surface area contributed by atoms with Crippen LogP contribution in [0.25, 0.3) is 6.08 Å². The summed E-state index contributed by atoms with van der Waals surface area (Å²) in [5, 5.41) is 0. The number of amides is 1. The first-order chi connectivity index (χ1) is 7.84. The average Bonchev–Trinajstić information content (AvgIpc) is 2.87. The van der Waals surface area contributed by atoms with Gasteiger partial charge in [0.25, 0.3) is 0 Å². The number of carbonyl (C=O) groups is 1. The van der Waals surface area contributed by atoms with E-state index in [-0.39, 0.29) is 0 Å². The Morgan fingerprint density at radius 2 is 2.06 bits per heavy atom. The van der Waals surface area contributed by atoms with Crippen LogP contribution in [0.4, 0.5) is 0 Å². The van der Waals surface area contributed by atoms with E-state index in [1.807, 2.05) is 23.1 Å². The van der Waals surface area contributed by atoms with Crippen LogP contribution in [-0.2, 0) is 4.79 Å². The van der Waals surface area contributed by atoms with E-state index in [0.717, 1.165) is 19.4 Å². The minimum Gasteiger partial charge on any atom is -0.336 e. The summed E-state index contributed by atoms with van der Waals surface area (Å²) in [4.78, 5) is 13.8. The Hall–Kier alpha value is -1.57. The molecule has 0 spiro atoms. The van der Waals surface area contributed by atoms with Crippen molar-refractivity contribution in [2.75, 3.05) is 6.54 Å². The molecule has 1 atom stereocenters. The second kappa shape index (κ2) is 3.78. The number of hydrogen-bond donors (Lipinski definition) is 0. The van der Waals surface area contributed by atoms with E-state index in [9.17, 15) is 4.79 Å².